The molecule has 0 fully saturated rings. The molecular weight excluding hydrogens is 298 g/mol. The molecule has 2 aromatic carbocycles. The summed E-state index contributed by atoms with van der Waals surface area (Å²) in [5.41, 5.74) is 1.15. The number of rotatable bonds is 2. The van der Waals surface area contributed by atoms with E-state index in [0.29, 0.717) is 21.6 Å². The lowest BCUT2D eigenvalue weighted by molar-refractivity contribution is 0.558. The molecule has 1 aromatic heterocycles. The number of nitrogens with zero attached hydrogens (tertiary/aromatic N) is 1. The van der Waals surface area contributed by atoms with Crippen LogP contribution in [-0.4, -0.2) is 0 Å². The molecule has 22 heavy (non-hydrogen) atoms. The molecule has 0 unspecified atom stereocenters. The van der Waals surface area contributed by atoms with Gasteiger partial charge < -0.3 is 4.42 Å². The molecule has 0 aliphatic carbocycles. The van der Waals surface area contributed by atoms with Crippen molar-refractivity contribution in [2.45, 2.75) is 0 Å². The fourth-order valence-electron chi connectivity index (χ4n) is 2.24. The Morgan fingerprint density at radius 1 is 1.05 bits per heavy atom. The predicted molar refractivity (Wildman–Crippen MR) is 87.6 cm³/mol. The second kappa shape index (κ2) is 5.88. The van der Waals surface area contributed by atoms with Crippen molar-refractivity contribution in [3.8, 4) is 6.07 Å². The number of fused-ring (bicyclic) bond motifs is 1. The zero-order chi connectivity index (χ0) is 15.5. The third kappa shape index (κ3) is 2.52. The van der Waals surface area contributed by atoms with E-state index in [1.807, 2.05) is 36.4 Å². The van der Waals surface area contributed by atoms with Crippen LogP contribution in [0, 0.1) is 11.3 Å². The minimum atomic E-state index is -0.639. The van der Waals surface area contributed by atoms with E-state index >= 15 is 0 Å². The minimum Gasteiger partial charge on any atom is -0.422 e. The van der Waals surface area contributed by atoms with Crippen molar-refractivity contribution in [1.29, 1.82) is 5.26 Å². The molecule has 3 nitrogen and oxygen atoms in total. The summed E-state index contributed by atoms with van der Waals surface area (Å²) in [5.74, 6) is 0. The topological polar surface area (TPSA) is 54.0 Å². The molecule has 3 aromatic rings. The SMILES string of the molecule is N#Cc1c(/C=C/c2ccccc2Cl)c2ccccc2oc1=O. The molecule has 0 amide bonds. The maximum absolute atomic E-state index is 11.9. The number of halogens is 1. The van der Waals surface area contributed by atoms with Gasteiger partial charge in [-0.15, -0.1) is 0 Å². The highest BCUT2D eigenvalue weighted by molar-refractivity contribution is 6.32. The largest absolute Gasteiger partial charge is 0.422 e. The van der Waals surface area contributed by atoms with Crippen molar-refractivity contribution in [3.63, 3.8) is 0 Å². The van der Waals surface area contributed by atoms with E-state index in [0.717, 1.165) is 5.56 Å². The average molecular weight is 308 g/mol. The Labute approximate surface area is 131 Å². The van der Waals surface area contributed by atoms with Crippen LogP contribution in [0.3, 0.4) is 0 Å². The number of hydrogen-bond acceptors (Lipinski definition) is 3. The summed E-state index contributed by atoms with van der Waals surface area (Å²) >= 11 is 6.12. The van der Waals surface area contributed by atoms with Gasteiger partial charge in [-0.05, 0) is 17.7 Å². The van der Waals surface area contributed by atoms with Gasteiger partial charge in [0.2, 0.25) is 0 Å². The molecule has 0 atom stereocenters. The lowest BCUT2D eigenvalue weighted by Crippen LogP contribution is -2.06. The van der Waals surface area contributed by atoms with Crippen LogP contribution in [-0.2, 0) is 0 Å². The van der Waals surface area contributed by atoms with Gasteiger partial charge in [-0.1, -0.05) is 60.2 Å². The summed E-state index contributed by atoms with van der Waals surface area (Å²) in [4.78, 5) is 11.9. The quantitative estimate of drug-likeness (QED) is 0.655. The van der Waals surface area contributed by atoms with Crippen molar-refractivity contribution < 1.29 is 4.42 Å². The van der Waals surface area contributed by atoms with E-state index in [4.69, 9.17) is 16.0 Å². The smallest absolute Gasteiger partial charge is 0.354 e. The monoisotopic (exact) mass is 307 g/mol. The van der Waals surface area contributed by atoms with Crippen LogP contribution in [0.15, 0.2) is 57.7 Å². The third-order valence-corrected chi connectivity index (χ3v) is 3.64. The van der Waals surface area contributed by atoms with E-state index in [-0.39, 0.29) is 5.56 Å². The Morgan fingerprint density at radius 3 is 2.55 bits per heavy atom. The summed E-state index contributed by atoms with van der Waals surface area (Å²) < 4.78 is 5.16. The molecule has 0 bridgehead atoms. The van der Waals surface area contributed by atoms with Crippen LogP contribution < -0.4 is 5.63 Å². The van der Waals surface area contributed by atoms with Gasteiger partial charge in [0.25, 0.3) is 0 Å². The third-order valence-electron chi connectivity index (χ3n) is 3.30. The highest BCUT2D eigenvalue weighted by Gasteiger charge is 2.11. The van der Waals surface area contributed by atoms with Crippen molar-refractivity contribution >= 4 is 34.7 Å². The van der Waals surface area contributed by atoms with E-state index in [9.17, 15) is 10.1 Å². The lowest BCUT2D eigenvalue weighted by atomic mass is 10.0. The summed E-state index contributed by atoms with van der Waals surface area (Å²) in [5, 5.41) is 10.6. The highest BCUT2D eigenvalue weighted by atomic mass is 35.5. The predicted octanol–water partition coefficient (Wildman–Crippen LogP) is 4.49. The number of nitriles is 1. The normalized spacial score (nSPS) is 10.9. The van der Waals surface area contributed by atoms with Gasteiger partial charge in [-0.2, -0.15) is 5.26 Å². The van der Waals surface area contributed by atoms with Gasteiger partial charge in [0, 0.05) is 16.0 Å². The van der Waals surface area contributed by atoms with Crippen molar-refractivity contribution in [2.24, 2.45) is 0 Å². The Kier molecular flexibility index (Phi) is 3.78. The molecule has 1 heterocycles. The molecule has 3 rings (SSSR count). The second-order valence-corrected chi connectivity index (χ2v) is 5.05. The first-order chi connectivity index (χ1) is 10.7. The molecule has 0 aliphatic rings. The first-order valence-corrected chi connectivity index (χ1v) is 6.97. The Balaban J connectivity index is 2.24. The first kappa shape index (κ1) is 14.1. The maximum Gasteiger partial charge on any atom is 0.354 e. The minimum absolute atomic E-state index is 0.0120. The molecule has 0 spiro atoms. The molecule has 106 valence electrons. The van der Waals surface area contributed by atoms with Gasteiger partial charge in [-0.25, -0.2) is 4.79 Å². The fourth-order valence-corrected chi connectivity index (χ4v) is 2.43. The summed E-state index contributed by atoms with van der Waals surface area (Å²) in [6.45, 7) is 0. The molecule has 0 N–H and O–H groups in total. The number of benzene rings is 2. The van der Waals surface area contributed by atoms with Crippen LogP contribution in [0.2, 0.25) is 5.02 Å². The Morgan fingerprint density at radius 2 is 1.77 bits per heavy atom. The van der Waals surface area contributed by atoms with Crippen molar-refractivity contribution in [1.82, 2.24) is 0 Å². The van der Waals surface area contributed by atoms with Gasteiger partial charge in [0.1, 0.15) is 17.2 Å². The van der Waals surface area contributed by atoms with E-state index in [1.54, 1.807) is 30.4 Å². The van der Waals surface area contributed by atoms with E-state index in [2.05, 4.69) is 0 Å². The Bertz CT molecular complexity index is 980. The molecule has 0 radical (unpaired) electrons. The van der Waals surface area contributed by atoms with Gasteiger partial charge in [0.15, 0.2) is 0 Å². The number of hydrogen-bond donors (Lipinski definition) is 0. The van der Waals surface area contributed by atoms with Gasteiger partial charge in [0.05, 0.1) is 0 Å². The number of para-hydroxylation sites is 1. The van der Waals surface area contributed by atoms with Crippen LogP contribution >= 0.6 is 11.6 Å². The van der Waals surface area contributed by atoms with Crippen LogP contribution in [0.1, 0.15) is 16.7 Å². The molecule has 0 saturated heterocycles. The van der Waals surface area contributed by atoms with Crippen molar-refractivity contribution in [3.05, 3.63) is 80.7 Å². The fraction of sp³-hybridized carbons (Fsp3) is 0. The van der Waals surface area contributed by atoms with E-state index < -0.39 is 5.63 Å². The van der Waals surface area contributed by atoms with Crippen LogP contribution in [0.5, 0.6) is 0 Å². The second-order valence-electron chi connectivity index (χ2n) is 4.64. The average Bonchev–Trinajstić information content (AvgIpc) is 2.53. The molecular formula is C18H10ClNO2. The molecule has 0 saturated carbocycles. The van der Waals surface area contributed by atoms with Crippen LogP contribution in [0.4, 0.5) is 0 Å². The lowest BCUT2D eigenvalue weighted by Gasteiger charge is -2.03. The summed E-state index contributed by atoms with van der Waals surface area (Å²) in [6, 6.07) is 16.4. The van der Waals surface area contributed by atoms with Gasteiger partial charge in [-0.3, -0.25) is 0 Å². The Hall–Kier alpha value is -2.83. The zero-order valence-electron chi connectivity index (χ0n) is 11.4. The maximum atomic E-state index is 11.9. The van der Waals surface area contributed by atoms with Crippen molar-refractivity contribution in [2.75, 3.05) is 0 Å². The van der Waals surface area contributed by atoms with Gasteiger partial charge >= 0.3 is 5.63 Å². The first-order valence-electron chi connectivity index (χ1n) is 6.59. The summed E-state index contributed by atoms with van der Waals surface area (Å²) in [6.07, 6.45) is 3.50. The molecule has 4 heteroatoms. The summed E-state index contributed by atoms with van der Waals surface area (Å²) in [7, 11) is 0. The van der Waals surface area contributed by atoms with Crippen LogP contribution in [0.25, 0.3) is 23.1 Å². The molecule has 0 aliphatic heterocycles. The van der Waals surface area contributed by atoms with E-state index in [1.165, 1.54) is 0 Å². The highest BCUT2D eigenvalue weighted by Crippen LogP contribution is 2.23. The standard InChI is InChI=1S/C18H10ClNO2/c19-16-7-3-1-5-12(16)9-10-13-14-6-2-4-8-17(14)22-18(21)15(13)11-20/h1-10H/b10-9+. The zero-order valence-corrected chi connectivity index (χ0v) is 12.2.